The van der Waals surface area contributed by atoms with Crippen molar-refractivity contribution in [3.05, 3.63) is 53.5 Å². The fraction of sp³-hybridized carbons (Fsp3) is 0.476. The standard InChI is InChI=1S/C21H27N3O2/c1-15-11-17-6-2-3-7-19(17)24(15)14-18-8-10-26-20(18)21(25)23-13-16-5-4-9-22-12-16/h2-3,6-8,10,15-16,22H,4-5,9,11-14H2,1H3,(H,23,25). The molecule has 0 aliphatic carbocycles. The fourth-order valence-corrected chi connectivity index (χ4v) is 4.13. The second kappa shape index (κ2) is 7.54. The summed E-state index contributed by atoms with van der Waals surface area (Å²) in [5, 5.41) is 6.45. The zero-order valence-corrected chi connectivity index (χ0v) is 15.3. The number of amides is 1. The van der Waals surface area contributed by atoms with Gasteiger partial charge in [-0.1, -0.05) is 18.2 Å². The van der Waals surface area contributed by atoms with Crippen molar-refractivity contribution in [2.75, 3.05) is 24.5 Å². The molecule has 5 nitrogen and oxygen atoms in total. The quantitative estimate of drug-likeness (QED) is 0.868. The summed E-state index contributed by atoms with van der Waals surface area (Å²) in [5.41, 5.74) is 3.59. The molecule has 2 aliphatic heterocycles. The lowest BCUT2D eigenvalue weighted by molar-refractivity contribution is 0.0915. The number of benzene rings is 1. The maximum absolute atomic E-state index is 12.6. The van der Waals surface area contributed by atoms with Crippen LogP contribution >= 0.6 is 0 Å². The first-order chi connectivity index (χ1) is 12.7. The van der Waals surface area contributed by atoms with Gasteiger partial charge in [0, 0.05) is 30.4 Å². The molecule has 4 rings (SSSR count). The second-order valence-corrected chi connectivity index (χ2v) is 7.51. The maximum Gasteiger partial charge on any atom is 0.287 e. The van der Waals surface area contributed by atoms with Crippen molar-refractivity contribution < 1.29 is 9.21 Å². The average Bonchev–Trinajstić information content (AvgIpc) is 3.26. The molecule has 2 unspecified atom stereocenters. The number of nitrogens with one attached hydrogen (secondary N) is 2. The number of furan rings is 1. The minimum Gasteiger partial charge on any atom is -0.459 e. The molecule has 5 heteroatoms. The van der Waals surface area contributed by atoms with Crippen molar-refractivity contribution >= 4 is 11.6 Å². The van der Waals surface area contributed by atoms with E-state index in [1.54, 1.807) is 6.26 Å². The van der Waals surface area contributed by atoms with E-state index in [1.165, 1.54) is 24.1 Å². The van der Waals surface area contributed by atoms with Crippen molar-refractivity contribution in [1.29, 1.82) is 0 Å². The summed E-state index contributed by atoms with van der Waals surface area (Å²) in [4.78, 5) is 15.0. The van der Waals surface area contributed by atoms with E-state index in [2.05, 4.69) is 46.7 Å². The highest BCUT2D eigenvalue weighted by Crippen LogP contribution is 2.33. The van der Waals surface area contributed by atoms with Crippen molar-refractivity contribution in [3.8, 4) is 0 Å². The molecular weight excluding hydrogens is 326 g/mol. The topological polar surface area (TPSA) is 57.5 Å². The van der Waals surface area contributed by atoms with Crippen molar-refractivity contribution in [2.45, 2.75) is 38.8 Å². The molecule has 2 atom stereocenters. The lowest BCUT2D eigenvalue weighted by atomic mass is 10.00. The first kappa shape index (κ1) is 17.2. The molecule has 1 saturated heterocycles. The molecule has 0 bridgehead atoms. The number of para-hydroxylation sites is 1. The smallest absolute Gasteiger partial charge is 0.287 e. The van der Waals surface area contributed by atoms with Gasteiger partial charge in [0.15, 0.2) is 5.76 Å². The Bertz CT molecular complexity index is 764. The largest absolute Gasteiger partial charge is 0.459 e. The molecule has 138 valence electrons. The van der Waals surface area contributed by atoms with Crippen LogP contribution in [0.15, 0.2) is 41.0 Å². The van der Waals surface area contributed by atoms with Gasteiger partial charge in [0.25, 0.3) is 5.91 Å². The Hall–Kier alpha value is -2.27. The molecule has 26 heavy (non-hydrogen) atoms. The van der Waals surface area contributed by atoms with Gasteiger partial charge in [0.2, 0.25) is 0 Å². The Kier molecular flexibility index (Phi) is 4.98. The SMILES string of the molecule is CC1Cc2ccccc2N1Cc1ccoc1C(=O)NCC1CCCNC1. The average molecular weight is 353 g/mol. The minimum absolute atomic E-state index is 0.101. The monoisotopic (exact) mass is 353 g/mol. The van der Waals surface area contributed by atoms with Crippen LogP contribution in [0.1, 0.15) is 41.4 Å². The molecular formula is C21H27N3O2. The summed E-state index contributed by atoms with van der Waals surface area (Å²) < 4.78 is 5.55. The number of anilines is 1. The predicted octanol–water partition coefficient (Wildman–Crippen LogP) is 2.96. The minimum atomic E-state index is -0.101. The molecule has 2 aliphatic rings. The molecule has 1 amide bonds. The number of carbonyl (C=O) groups excluding carboxylic acids is 1. The van der Waals surface area contributed by atoms with E-state index >= 15 is 0 Å². The Labute approximate surface area is 154 Å². The summed E-state index contributed by atoms with van der Waals surface area (Å²) in [6.07, 6.45) is 5.02. The zero-order valence-electron chi connectivity index (χ0n) is 15.3. The number of carbonyl (C=O) groups is 1. The molecule has 1 aromatic heterocycles. The van der Waals surface area contributed by atoms with Crippen LogP contribution in [0, 0.1) is 5.92 Å². The van der Waals surface area contributed by atoms with Gasteiger partial charge in [0.05, 0.1) is 6.26 Å². The second-order valence-electron chi connectivity index (χ2n) is 7.51. The van der Waals surface area contributed by atoms with E-state index in [9.17, 15) is 4.79 Å². The maximum atomic E-state index is 12.6. The summed E-state index contributed by atoms with van der Waals surface area (Å²) >= 11 is 0. The van der Waals surface area contributed by atoms with Crippen LogP contribution in [0.2, 0.25) is 0 Å². The number of fused-ring (bicyclic) bond motifs is 1. The first-order valence-corrected chi connectivity index (χ1v) is 9.62. The Morgan fingerprint density at radius 1 is 1.35 bits per heavy atom. The summed E-state index contributed by atoms with van der Waals surface area (Å²) in [7, 11) is 0. The summed E-state index contributed by atoms with van der Waals surface area (Å²) in [6.45, 7) is 5.70. The molecule has 2 N–H and O–H groups in total. The highest BCUT2D eigenvalue weighted by molar-refractivity contribution is 5.93. The van der Waals surface area contributed by atoms with Gasteiger partial charge in [0.1, 0.15) is 0 Å². The molecule has 2 aromatic rings. The van der Waals surface area contributed by atoms with Gasteiger partial charge in [-0.2, -0.15) is 0 Å². The molecule has 0 spiro atoms. The van der Waals surface area contributed by atoms with Crippen molar-refractivity contribution in [2.24, 2.45) is 5.92 Å². The van der Waals surface area contributed by atoms with E-state index < -0.39 is 0 Å². The van der Waals surface area contributed by atoms with Gasteiger partial charge < -0.3 is 20.0 Å². The normalized spacial score (nSPS) is 22.3. The lowest BCUT2D eigenvalue weighted by Crippen LogP contribution is -2.38. The summed E-state index contributed by atoms with van der Waals surface area (Å²) in [5.74, 6) is 0.859. The molecule has 1 fully saturated rings. The van der Waals surface area contributed by atoms with E-state index in [0.717, 1.165) is 25.1 Å². The third-order valence-corrected chi connectivity index (χ3v) is 5.59. The number of nitrogens with zero attached hydrogens (tertiary/aromatic N) is 1. The van der Waals surface area contributed by atoms with Crippen LogP contribution in [0.4, 0.5) is 5.69 Å². The van der Waals surface area contributed by atoms with Crippen LogP contribution in [-0.4, -0.2) is 31.6 Å². The number of hydrogen-bond donors (Lipinski definition) is 2. The number of rotatable bonds is 5. The van der Waals surface area contributed by atoms with E-state index in [1.807, 2.05) is 6.07 Å². The van der Waals surface area contributed by atoms with E-state index in [4.69, 9.17) is 4.42 Å². The Balaban J connectivity index is 1.43. The van der Waals surface area contributed by atoms with Crippen LogP contribution in [0.5, 0.6) is 0 Å². The van der Waals surface area contributed by atoms with Crippen molar-refractivity contribution in [1.82, 2.24) is 10.6 Å². The predicted molar refractivity (Wildman–Crippen MR) is 102 cm³/mol. The zero-order chi connectivity index (χ0) is 17.9. The van der Waals surface area contributed by atoms with Crippen molar-refractivity contribution in [3.63, 3.8) is 0 Å². The highest BCUT2D eigenvalue weighted by Gasteiger charge is 2.27. The van der Waals surface area contributed by atoms with Crippen LogP contribution in [0.3, 0.4) is 0 Å². The highest BCUT2D eigenvalue weighted by atomic mass is 16.3. The summed E-state index contributed by atoms with van der Waals surface area (Å²) in [6, 6.07) is 10.9. The third kappa shape index (κ3) is 3.49. The molecule has 1 aromatic carbocycles. The molecule has 0 saturated carbocycles. The van der Waals surface area contributed by atoms with E-state index in [-0.39, 0.29) is 5.91 Å². The first-order valence-electron chi connectivity index (χ1n) is 9.62. The van der Waals surface area contributed by atoms with Gasteiger partial charge in [-0.3, -0.25) is 4.79 Å². The van der Waals surface area contributed by atoms with E-state index in [0.29, 0.717) is 30.8 Å². The Morgan fingerprint density at radius 3 is 3.08 bits per heavy atom. The lowest BCUT2D eigenvalue weighted by Gasteiger charge is -2.25. The molecule has 3 heterocycles. The third-order valence-electron chi connectivity index (χ3n) is 5.59. The molecule has 0 radical (unpaired) electrons. The van der Waals surface area contributed by atoms with Gasteiger partial charge in [-0.05, 0) is 62.9 Å². The van der Waals surface area contributed by atoms with Crippen LogP contribution < -0.4 is 15.5 Å². The van der Waals surface area contributed by atoms with Gasteiger partial charge >= 0.3 is 0 Å². The Morgan fingerprint density at radius 2 is 2.23 bits per heavy atom. The van der Waals surface area contributed by atoms with Crippen LogP contribution in [0.25, 0.3) is 0 Å². The number of hydrogen-bond acceptors (Lipinski definition) is 4. The number of piperidine rings is 1. The van der Waals surface area contributed by atoms with Gasteiger partial charge in [-0.15, -0.1) is 0 Å². The fourth-order valence-electron chi connectivity index (χ4n) is 4.13. The van der Waals surface area contributed by atoms with Crippen LogP contribution in [-0.2, 0) is 13.0 Å². The van der Waals surface area contributed by atoms with Gasteiger partial charge in [-0.25, -0.2) is 0 Å².